The highest BCUT2D eigenvalue weighted by Gasteiger charge is 2.32. The van der Waals surface area contributed by atoms with E-state index in [-0.39, 0.29) is 5.92 Å². The van der Waals surface area contributed by atoms with Crippen LogP contribution in [-0.2, 0) is 24.3 Å². The summed E-state index contributed by atoms with van der Waals surface area (Å²) in [5, 5.41) is 5.73. The zero-order valence-electron chi connectivity index (χ0n) is 18.7. The molecule has 0 radical (unpaired) electrons. The van der Waals surface area contributed by atoms with Gasteiger partial charge in [-0.3, -0.25) is 9.69 Å². The van der Waals surface area contributed by atoms with Gasteiger partial charge in [0.15, 0.2) is 0 Å². The summed E-state index contributed by atoms with van der Waals surface area (Å²) < 4.78 is 2.01. The molecular formula is C25H33ClN4O. The SMILES string of the molecule is C=CCN1CCc2c(c(CN(CC(C)C)C(=O)C3CCC3)nn2-c2ccccc2Cl)C1. The van der Waals surface area contributed by atoms with Gasteiger partial charge in [-0.1, -0.05) is 50.1 Å². The number of hydrogen-bond acceptors (Lipinski definition) is 3. The van der Waals surface area contributed by atoms with Crippen LogP contribution in [0.1, 0.15) is 50.1 Å². The Bertz CT molecular complexity index is 947. The second-order valence-electron chi connectivity index (χ2n) is 9.25. The summed E-state index contributed by atoms with van der Waals surface area (Å²) in [7, 11) is 0. The average molecular weight is 441 g/mol. The topological polar surface area (TPSA) is 41.4 Å². The van der Waals surface area contributed by atoms with Crippen LogP contribution in [0.2, 0.25) is 5.02 Å². The van der Waals surface area contributed by atoms with Crippen LogP contribution in [0.3, 0.4) is 0 Å². The van der Waals surface area contributed by atoms with Crippen molar-refractivity contribution in [1.82, 2.24) is 19.6 Å². The van der Waals surface area contributed by atoms with Crippen molar-refractivity contribution in [3.05, 3.63) is 58.9 Å². The van der Waals surface area contributed by atoms with Gasteiger partial charge in [0.2, 0.25) is 5.91 Å². The van der Waals surface area contributed by atoms with Crippen LogP contribution < -0.4 is 0 Å². The van der Waals surface area contributed by atoms with Crippen molar-refractivity contribution in [3.8, 4) is 5.69 Å². The van der Waals surface area contributed by atoms with Crippen LogP contribution in [0.4, 0.5) is 0 Å². The molecule has 2 heterocycles. The predicted octanol–water partition coefficient (Wildman–Crippen LogP) is 4.85. The largest absolute Gasteiger partial charge is 0.336 e. The first-order chi connectivity index (χ1) is 15.0. The quantitative estimate of drug-likeness (QED) is 0.551. The lowest BCUT2D eigenvalue weighted by Gasteiger charge is -2.33. The number of fused-ring (bicyclic) bond motifs is 1. The average Bonchev–Trinajstić information content (AvgIpc) is 3.04. The highest BCUT2D eigenvalue weighted by Crippen LogP contribution is 2.32. The maximum Gasteiger partial charge on any atom is 0.226 e. The van der Waals surface area contributed by atoms with Crippen molar-refractivity contribution in [3.63, 3.8) is 0 Å². The molecule has 0 saturated heterocycles. The second kappa shape index (κ2) is 9.58. The number of nitrogens with zero attached hydrogens (tertiary/aromatic N) is 4. The number of benzene rings is 1. The molecule has 0 atom stereocenters. The smallest absolute Gasteiger partial charge is 0.226 e. The van der Waals surface area contributed by atoms with Crippen molar-refractivity contribution < 1.29 is 4.79 Å². The lowest BCUT2D eigenvalue weighted by atomic mass is 9.84. The summed E-state index contributed by atoms with van der Waals surface area (Å²) in [5.74, 6) is 0.903. The van der Waals surface area contributed by atoms with Crippen molar-refractivity contribution in [2.24, 2.45) is 11.8 Å². The van der Waals surface area contributed by atoms with Gasteiger partial charge in [0.25, 0.3) is 0 Å². The molecule has 1 aliphatic heterocycles. The molecule has 1 aromatic heterocycles. The van der Waals surface area contributed by atoms with Crippen molar-refractivity contribution >= 4 is 17.5 Å². The molecule has 0 N–H and O–H groups in total. The first kappa shape index (κ1) is 22.1. The fourth-order valence-corrected chi connectivity index (χ4v) is 4.81. The Balaban J connectivity index is 1.71. The van der Waals surface area contributed by atoms with Gasteiger partial charge in [0.1, 0.15) is 0 Å². The van der Waals surface area contributed by atoms with E-state index >= 15 is 0 Å². The van der Waals surface area contributed by atoms with E-state index < -0.39 is 0 Å². The molecule has 1 aliphatic carbocycles. The number of halogens is 1. The van der Waals surface area contributed by atoms with Gasteiger partial charge in [-0.05, 0) is 30.9 Å². The number of carbonyl (C=O) groups is 1. The first-order valence-corrected chi connectivity index (χ1v) is 11.8. The van der Waals surface area contributed by atoms with Gasteiger partial charge >= 0.3 is 0 Å². The standard InChI is InChI=1S/C25H33ClN4O/c1-4-13-28-14-12-23-20(16-28)22(27-30(23)24-11-6-5-10-21(24)26)17-29(15-18(2)3)25(31)19-8-7-9-19/h4-6,10-11,18-19H,1,7-9,12-17H2,2-3H3. The van der Waals surface area contributed by atoms with E-state index in [1.165, 1.54) is 17.7 Å². The summed E-state index contributed by atoms with van der Waals surface area (Å²) in [5.41, 5.74) is 4.36. The molecule has 1 fully saturated rings. The first-order valence-electron chi connectivity index (χ1n) is 11.4. The maximum atomic E-state index is 13.2. The van der Waals surface area contributed by atoms with Gasteiger partial charge in [-0.2, -0.15) is 5.10 Å². The van der Waals surface area contributed by atoms with E-state index in [4.69, 9.17) is 16.7 Å². The lowest BCUT2D eigenvalue weighted by Crippen LogP contribution is -2.41. The van der Waals surface area contributed by atoms with E-state index in [0.717, 1.165) is 56.8 Å². The molecule has 0 spiro atoms. The lowest BCUT2D eigenvalue weighted by molar-refractivity contribution is -0.139. The molecule has 2 aliphatic rings. The molecule has 0 unspecified atom stereocenters. The Morgan fingerprint density at radius 3 is 2.77 bits per heavy atom. The third-order valence-electron chi connectivity index (χ3n) is 6.38. The van der Waals surface area contributed by atoms with Gasteiger partial charge < -0.3 is 4.90 Å². The Morgan fingerprint density at radius 1 is 1.35 bits per heavy atom. The minimum absolute atomic E-state index is 0.192. The number of hydrogen-bond donors (Lipinski definition) is 0. The number of carbonyl (C=O) groups excluding carboxylic acids is 1. The maximum absolute atomic E-state index is 13.2. The van der Waals surface area contributed by atoms with Crippen LogP contribution in [0, 0.1) is 11.8 Å². The van der Waals surface area contributed by atoms with Gasteiger partial charge in [-0.25, -0.2) is 4.68 Å². The van der Waals surface area contributed by atoms with E-state index in [1.54, 1.807) is 0 Å². The minimum atomic E-state index is 0.192. The fourth-order valence-electron chi connectivity index (χ4n) is 4.60. The monoisotopic (exact) mass is 440 g/mol. The predicted molar refractivity (Wildman–Crippen MR) is 125 cm³/mol. The van der Waals surface area contributed by atoms with Gasteiger partial charge in [0, 0.05) is 44.1 Å². The normalized spacial score (nSPS) is 16.8. The molecular weight excluding hydrogens is 408 g/mol. The molecule has 5 nitrogen and oxygen atoms in total. The van der Waals surface area contributed by atoms with Crippen molar-refractivity contribution in [2.45, 2.75) is 52.6 Å². The van der Waals surface area contributed by atoms with E-state index in [2.05, 4.69) is 25.3 Å². The molecule has 1 aromatic carbocycles. The summed E-state index contributed by atoms with van der Waals surface area (Å²) in [6.07, 6.45) is 6.06. The van der Waals surface area contributed by atoms with E-state index in [1.807, 2.05) is 39.9 Å². The highest BCUT2D eigenvalue weighted by atomic mass is 35.5. The van der Waals surface area contributed by atoms with Crippen LogP contribution in [-0.4, -0.2) is 45.1 Å². The Kier molecular flexibility index (Phi) is 6.83. The number of para-hydroxylation sites is 1. The number of aromatic nitrogens is 2. The van der Waals surface area contributed by atoms with Crippen molar-refractivity contribution in [1.29, 1.82) is 0 Å². The summed E-state index contributed by atoms with van der Waals surface area (Å²) in [6, 6.07) is 7.85. The fraction of sp³-hybridized carbons (Fsp3) is 0.520. The summed E-state index contributed by atoms with van der Waals surface area (Å²) in [4.78, 5) is 17.6. The molecule has 1 saturated carbocycles. The minimum Gasteiger partial charge on any atom is -0.336 e. The zero-order valence-corrected chi connectivity index (χ0v) is 19.4. The van der Waals surface area contributed by atoms with Crippen LogP contribution >= 0.6 is 11.6 Å². The Labute approximate surface area is 190 Å². The van der Waals surface area contributed by atoms with Gasteiger partial charge in [0.05, 0.1) is 28.6 Å². The molecule has 31 heavy (non-hydrogen) atoms. The van der Waals surface area contributed by atoms with Gasteiger partial charge in [-0.15, -0.1) is 6.58 Å². The Hall–Kier alpha value is -2.11. The van der Waals surface area contributed by atoms with Crippen LogP contribution in [0.5, 0.6) is 0 Å². The molecule has 166 valence electrons. The molecule has 1 amide bonds. The summed E-state index contributed by atoms with van der Waals surface area (Å²) >= 11 is 6.53. The molecule has 2 aromatic rings. The molecule has 4 rings (SSSR count). The Morgan fingerprint density at radius 2 is 2.13 bits per heavy atom. The number of rotatable bonds is 8. The second-order valence-corrected chi connectivity index (χ2v) is 9.66. The third kappa shape index (κ3) is 4.73. The van der Waals surface area contributed by atoms with Crippen LogP contribution in [0.15, 0.2) is 36.9 Å². The van der Waals surface area contributed by atoms with E-state index in [0.29, 0.717) is 23.4 Å². The zero-order chi connectivity index (χ0) is 22.0. The highest BCUT2D eigenvalue weighted by molar-refractivity contribution is 6.32. The van der Waals surface area contributed by atoms with E-state index in [9.17, 15) is 4.79 Å². The summed E-state index contributed by atoms with van der Waals surface area (Å²) in [6.45, 7) is 12.2. The third-order valence-corrected chi connectivity index (χ3v) is 6.70. The molecule has 6 heteroatoms. The van der Waals surface area contributed by atoms with Crippen molar-refractivity contribution in [2.75, 3.05) is 19.6 Å². The van der Waals surface area contributed by atoms with Crippen LogP contribution in [0.25, 0.3) is 5.69 Å². The molecule has 0 bridgehead atoms. The number of amides is 1.